The molecular weight excluding hydrogens is 312 g/mol. The molecular formula is C21H30N2O2. The second-order valence-electron chi connectivity index (χ2n) is 7.92. The Morgan fingerprint density at radius 3 is 2.60 bits per heavy atom. The van der Waals surface area contributed by atoms with E-state index in [1.165, 1.54) is 24.8 Å². The lowest BCUT2D eigenvalue weighted by atomic mass is 9.94. The molecule has 4 nitrogen and oxygen atoms in total. The molecule has 25 heavy (non-hydrogen) atoms. The van der Waals surface area contributed by atoms with E-state index in [9.17, 15) is 9.59 Å². The van der Waals surface area contributed by atoms with Crippen LogP contribution >= 0.6 is 0 Å². The predicted molar refractivity (Wildman–Crippen MR) is 101 cm³/mol. The van der Waals surface area contributed by atoms with E-state index in [0.29, 0.717) is 24.9 Å². The molecule has 1 saturated heterocycles. The summed E-state index contributed by atoms with van der Waals surface area (Å²) in [4.78, 5) is 27.1. The van der Waals surface area contributed by atoms with Crippen LogP contribution in [0, 0.1) is 12.8 Å². The van der Waals surface area contributed by atoms with E-state index in [0.717, 1.165) is 24.1 Å². The average Bonchev–Trinajstić information content (AvgIpc) is 2.97. The fourth-order valence-electron chi connectivity index (χ4n) is 4.18. The quantitative estimate of drug-likeness (QED) is 0.901. The van der Waals surface area contributed by atoms with Crippen molar-refractivity contribution in [3.05, 3.63) is 29.3 Å². The molecule has 0 aromatic heterocycles. The second kappa shape index (κ2) is 7.59. The van der Waals surface area contributed by atoms with Gasteiger partial charge in [-0.15, -0.1) is 0 Å². The average molecular weight is 342 g/mol. The maximum atomic E-state index is 12.7. The smallest absolute Gasteiger partial charge is 0.227 e. The summed E-state index contributed by atoms with van der Waals surface area (Å²) in [5, 5.41) is 3.19. The Kier molecular flexibility index (Phi) is 5.45. The maximum Gasteiger partial charge on any atom is 0.227 e. The first-order valence-electron chi connectivity index (χ1n) is 9.67. The van der Waals surface area contributed by atoms with Gasteiger partial charge in [0, 0.05) is 24.7 Å². The highest BCUT2D eigenvalue weighted by atomic mass is 16.2. The maximum absolute atomic E-state index is 12.7. The zero-order valence-corrected chi connectivity index (χ0v) is 15.7. The molecule has 1 saturated carbocycles. The van der Waals surface area contributed by atoms with Gasteiger partial charge in [-0.25, -0.2) is 0 Å². The molecule has 1 heterocycles. The number of amides is 2. The van der Waals surface area contributed by atoms with Crippen molar-refractivity contribution < 1.29 is 9.59 Å². The molecule has 2 amide bonds. The highest BCUT2D eigenvalue weighted by Gasteiger charge is 2.37. The highest BCUT2D eigenvalue weighted by Crippen LogP contribution is 2.35. The second-order valence-corrected chi connectivity index (χ2v) is 7.92. The van der Waals surface area contributed by atoms with Gasteiger partial charge in [0.15, 0.2) is 0 Å². The summed E-state index contributed by atoms with van der Waals surface area (Å²) in [7, 11) is 0. The molecule has 2 aliphatic rings. The molecule has 136 valence electrons. The van der Waals surface area contributed by atoms with E-state index in [1.54, 1.807) is 0 Å². The van der Waals surface area contributed by atoms with E-state index < -0.39 is 0 Å². The Morgan fingerprint density at radius 2 is 1.92 bits per heavy atom. The molecule has 4 heteroatoms. The van der Waals surface area contributed by atoms with Crippen LogP contribution in [0.1, 0.15) is 69.4 Å². The van der Waals surface area contributed by atoms with Gasteiger partial charge in [-0.05, 0) is 36.8 Å². The van der Waals surface area contributed by atoms with Crippen molar-refractivity contribution in [2.75, 3.05) is 11.4 Å². The summed E-state index contributed by atoms with van der Waals surface area (Å²) in [5.41, 5.74) is 3.30. The number of hydrogen-bond donors (Lipinski definition) is 1. The van der Waals surface area contributed by atoms with Crippen molar-refractivity contribution >= 4 is 17.5 Å². The van der Waals surface area contributed by atoms with Crippen LogP contribution in [0.2, 0.25) is 0 Å². The zero-order valence-electron chi connectivity index (χ0n) is 15.7. The normalized spacial score (nSPS) is 21.8. The minimum absolute atomic E-state index is 0.0578. The third-order valence-electron chi connectivity index (χ3n) is 5.61. The summed E-state index contributed by atoms with van der Waals surface area (Å²) in [6.45, 7) is 6.84. The monoisotopic (exact) mass is 342 g/mol. The molecule has 1 unspecified atom stereocenters. The SMILES string of the molecule is Cc1cccc(C(C)C)c1N1CC(C(=O)NC2CCCCC2)CC1=O. The summed E-state index contributed by atoms with van der Waals surface area (Å²) in [6.07, 6.45) is 6.14. The van der Waals surface area contributed by atoms with Crippen molar-refractivity contribution in [2.24, 2.45) is 5.92 Å². The first-order chi connectivity index (χ1) is 12.0. The summed E-state index contributed by atoms with van der Waals surface area (Å²) >= 11 is 0. The van der Waals surface area contributed by atoms with Crippen molar-refractivity contribution in [1.29, 1.82) is 0 Å². The van der Waals surface area contributed by atoms with Gasteiger partial charge in [0.05, 0.1) is 5.92 Å². The number of rotatable bonds is 4. The topological polar surface area (TPSA) is 49.4 Å². The number of para-hydroxylation sites is 1. The standard InChI is InChI=1S/C21H30N2O2/c1-14(2)18-11-7-8-15(3)20(18)23-13-16(12-19(23)24)21(25)22-17-9-5-4-6-10-17/h7-8,11,14,16-17H,4-6,9-10,12-13H2,1-3H3,(H,22,25). The summed E-state index contributed by atoms with van der Waals surface area (Å²) < 4.78 is 0. The molecule has 0 bridgehead atoms. The Morgan fingerprint density at radius 1 is 1.20 bits per heavy atom. The van der Waals surface area contributed by atoms with Gasteiger partial charge in [-0.2, -0.15) is 0 Å². The van der Waals surface area contributed by atoms with Gasteiger partial charge in [0.2, 0.25) is 11.8 Å². The lowest BCUT2D eigenvalue weighted by Gasteiger charge is -2.26. The lowest BCUT2D eigenvalue weighted by molar-refractivity contribution is -0.127. The number of benzene rings is 1. The summed E-state index contributed by atoms with van der Waals surface area (Å²) in [6, 6.07) is 6.48. The molecule has 1 aliphatic carbocycles. The van der Waals surface area contributed by atoms with Crippen LogP contribution in [0.15, 0.2) is 18.2 Å². The minimum atomic E-state index is -0.228. The molecule has 1 aliphatic heterocycles. The number of hydrogen-bond acceptors (Lipinski definition) is 2. The van der Waals surface area contributed by atoms with E-state index in [-0.39, 0.29) is 17.7 Å². The molecule has 0 radical (unpaired) electrons. The van der Waals surface area contributed by atoms with Crippen molar-refractivity contribution in [2.45, 2.75) is 71.3 Å². The lowest BCUT2D eigenvalue weighted by Crippen LogP contribution is -2.40. The van der Waals surface area contributed by atoms with Crippen LogP contribution in [0.4, 0.5) is 5.69 Å². The molecule has 1 N–H and O–H groups in total. The van der Waals surface area contributed by atoms with E-state index in [2.05, 4.69) is 25.2 Å². The van der Waals surface area contributed by atoms with Crippen LogP contribution in [0.25, 0.3) is 0 Å². The van der Waals surface area contributed by atoms with Crippen LogP contribution < -0.4 is 10.2 Å². The fraction of sp³-hybridized carbons (Fsp3) is 0.619. The van der Waals surface area contributed by atoms with E-state index in [1.807, 2.05) is 24.0 Å². The van der Waals surface area contributed by atoms with Crippen LogP contribution in [0.5, 0.6) is 0 Å². The van der Waals surface area contributed by atoms with Crippen molar-refractivity contribution in [3.63, 3.8) is 0 Å². The number of nitrogens with one attached hydrogen (secondary N) is 1. The van der Waals surface area contributed by atoms with Crippen LogP contribution in [-0.4, -0.2) is 24.4 Å². The molecule has 3 rings (SSSR count). The minimum Gasteiger partial charge on any atom is -0.353 e. The third-order valence-corrected chi connectivity index (χ3v) is 5.61. The number of anilines is 1. The van der Waals surface area contributed by atoms with Gasteiger partial charge in [-0.1, -0.05) is 51.3 Å². The van der Waals surface area contributed by atoms with Gasteiger partial charge >= 0.3 is 0 Å². The van der Waals surface area contributed by atoms with Crippen molar-refractivity contribution in [1.82, 2.24) is 5.32 Å². The summed E-state index contributed by atoms with van der Waals surface area (Å²) in [5.74, 6) is 0.245. The Labute approximate surface area is 151 Å². The van der Waals surface area contributed by atoms with Gasteiger partial charge < -0.3 is 10.2 Å². The first-order valence-corrected chi connectivity index (χ1v) is 9.67. The number of carbonyl (C=O) groups is 2. The number of aryl methyl sites for hydroxylation is 1. The molecule has 1 atom stereocenters. The van der Waals surface area contributed by atoms with Crippen LogP contribution in [-0.2, 0) is 9.59 Å². The highest BCUT2D eigenvalue weighted by molar-refractivity contribution is 6.01. The van der Waals surface area contributed by atoms with E-state index >= 15 is 0 Å². The van der Waals surface area contributed by atoms with E-state index in [4.69, 9.17) is 0 Å². The third kappa shape index (κ3) is 3.88. The van der Waals surface area contributed by atoms with Gasteiger partial charge in [0.1, 0.15) is 0 Å². The zero-order chi connectivity index (χ0) is 18.0. The van der Waals surface area contributed by atoms with Crippen LogP contribution in [0.3, 0.4) is 0 Å². The first kappa shape index (κ1) is 18.0. The van der Waals surface area contributed by atoms with Crippen molar-refractivity contribution in [3.8, 4) is 0 Å². The molecule has 1 aromatic rings. The Balaban J connectivity index is 1.73. The largest absolute Gasteiger partial charge is 0.353 e. The molecule has 2 fully saturated rings. The molecule has 1 aromatic carbocycles. The van der Waals surface area contributed by atoms with Gasteiger partial charge in [0.25, 0.3) is 0 Å². The number of nitrogens with zero attached hydrogens (tertiary/aromatic N) is 1. The Hall–Kier alpha value is -1.84. The predicted octanol–water partition coefficient (Wildman–Crippen LogP) is 3.92. The van der Waals surface area contributed by atoms with Gasteiger partial charge in [-0.3, -0.25) is 9.59 Å². The molecule has 0 spiro atoms. The Bertz CT molecular complexity index is 647. The fourth-order valence-corrected chi connectivity index (χ4v) is 4.18. The number of carbonyl (C=O) groups excluding carboxylic acids is 2.